The van der Waals surface area contributed by atoms with E-state index in [1.807, 2.05) is 17.6 Å². The molecule has 1 aliphatic rings. The minimum absolute atomic E-state index is 0.0186. The summed E-state index contributed by atoms with van der Waals surface area (Å²) in [6, 6.07) is 11.7. The number of aromatic nitrogens is 4. The second kappa shape index (κ2) is 11.2. The van der Waals surface area contributed by atoms with Gasteiger partial charge in [0.05, 0.1) is 66.0 Å². The molecule has 1 aliphatic heterocycles. The number of nitrogens with zero attached hydrogens (tertiary/aromatic N) is 5. The largest absolute Gasteiger partial charge is 0.491 e. The van der Waals surface area contributed by atoms with Gasteiger partial charge in [-0.2, -0.15) is 0 Å². The zero-order valence-corrected chi connectivity index (χ0v) is 24.9. The van der Waals surface area contributed by atoms with Crippen molar-refractivity contribution in [1.82, 2.24) is 23.4 Å². The second-order valence-corrected chi connectivity index (χ2v) is 12.2. The summed E-state index contributed by atoms with van der Waals surface area (Å²) in [4.78, 5) is 11.2. The Labute approximate surface area is 247 Å². The van der Waals surface area contributed by atoms with Gasteiger partial charge in [-0.3, -0.25) is 4.90 Å². The van der Waals surface area contributed by atoms with Crippen molar-refractivity contribution < 1.29 is 27.0 Å². The normalized spacial score (nSPS) is 14.6. The highest BCUT2D eigenvalue weighted by molar-refractivity contribution is 7.90. The van der Waals surface area contributed by atoms with Crippen LogP contribution in [0.2, 0.25) is 5.02 Å². The molecule has 6 rings (SSSR count). The number of benzene rings is 1. The van der Waals surface area contributed by atoms with E-state index in [1.165, 1.54) is 26.4 Å². The van der Waals surface area contributed by atoms with Gasteiger partial charge in [-0.1, -0.05) is 29.3 Å². The molecular formula is C29H29ClFN5O5S. The minimum Gasteiger partial charge on any atom is -0.491 e. The number of rotatable bonds is 8. The lowest BCUT2D eigenvalue weighted by Crippen LogP contribution is -2.38. The number of methoxy groups -OCH3 is 2. The molecule has 10 nitrogen and oxygen atoms in total. The number of fused-ring (bicyclic) bond motifs is 2. The van der Waals surface area contributed by atoms with Crippen LogP contribution >= 0.6 is 11.6 Å². The number of pyridine rings is 2. The third-order valence-electron chi connectivity index (χ3n) is 7.48. The van der Waals surface area contributed by atoms with Crippen molar-refractivity contribution in [2.45, 2.75) is 18.4 Å². The third kappa shape index (κ3) is 4.87. The Hall–Kier alpha value is -3.71. The monoisotopic (exact) mass is 613 g/mol. The number of halogens is 2. The van der Waals surface area contributed by atoms with Crippen LogP contribution in [0.4, 0.5) is 4.39 Å². The lowest BCUT2D eigenvalue weighted by Gasteiger charge is -2.27. The van der Waals surface area contributed by atoms with Gasteiger partial charge in [-0.05, 0) is 31.2 Å². The maximum absolute atomic E-state index is 14.6. The third-order valence-corrected chi connectivity index (χ3v) is 9.58. The molecule has 0 N–H and O–H groups in total. The molecular weight excluding hydrogens is 585 g/mol. The van der Waals surface area contributed by atoms with Crippen LogP contribution in [0.1, 0.15) is 5.56 Å². The SMILES string of the molecule is COc1cc2c(cc(-c3cc4c(Cl)c(F)cnc4n3S(=O)(=O)c3ccc(C)cc3)n2CCN2CCOCC2)nc1OC. The van der Waals surface area contributed by atoms with Crippen molar-refractivity contribution in [3.8, 4) is 23.0 Å². The van der Waals surface area contributed by atoms with E-state index in [0.29, 0.717) is 54.7 Å². The van der Waals surface area contributed by atoms with E-state index < -0.39 is 15.8 Å². The van der Waals surface area contributed by atoms with Crippen molar-refractivity contribution in [2.75, 3.05) is 47.1 Å². The summed E-state index contributed by atoms with van der Waals surface area (Å²) in [6.45, 7) is 5.90. The average Bonchev–Trinajstić information content (AvgIpc) is 3.56. The minimum atomic E-state index is -4.20. The molecule has 0 saturated carbocycles. The number of hydrogen-bond donors (Lipinski definition) is 0. The summed E-state index contributed by atoms with van der Waals surface area (Å²) in [5.41, 5.74) is 3.01. The predicted molar refractivity (Wildman–Crippen MR) is 158 cm³/mol. The molecule has 0 unspecified atom stereocenters. The first-order valence-electron chi connectivity index (χ1n) is 13.3. The number of morpholine rings is 1. The van der Waals surface area contributed by atoms with Gasteiger partial charge in [0.2, 0.25) is 0 Å². The quantitative estimate of drug-likeness (QED) is 0.247. The lowest BCUT2D eigenvalue weighted by molar-refractivity contribution is 0.0366. The Morgan fingerprint density at radius 1 is 1.02 bits per heavy atom. The Morgan fingerprint density at radius 3 is 2.45 bits per heavy atom. The maximum atomic E-state index is 14.6. The summed E-state index contributed by atoms with van der Waals surface area (Å²) in [5, 5.41) is -0.0352. The fourth-order valence-corrected chi connectivity index (χ4v) is 6.92. The maximum Gasteiger partial charge on any atom is 0.269 e. The predicted octanol–water partition coefficient (Wildman–Crippen LogP) is 4.74. The van der Waals surface area contributed by atoms with Crippen molar-refractivity contribution in [3.63, 3.8) is 0 Å². The molecule has 42 heavy (non-hydrogen) atoms. The summed E-state index contributed by atoms with van der Waals surface area (Å²) in [7, 11) is -1.17. The van der Waals surface area contributed by atoms with Crippen molar-refractivity contribution in [3.05, 3.63) is 65.1 Å². The number of aryl methyl sites for hydroxylation is 1. The van der Waals surface area contributed by atoms with Crippen LogP contribution in [0.3, 0.4) is 0 Å². The summed E-state index contributed by atoms with van der Waals surface area (Å²) < 4.78 is 62.7. The van der Waals surface area contributed by atoms with Crippen molar-refractivity contribution >= 4 is 43.7 Å². The molecule has 220 valence electrons. The molecule has 5 heterocycles. The van der Waals surface area contributed by atoms with Gasteiger partial charge in [0.15, 0.2) is 17.2 Å². The van der Waals surface area contributed by atoms with Crippen LogP contribution in [0, 0.1) is 12.7 Å². The molecule has 1 fully saturated rings. The van der Waals surface area contributed by atoms with Crippen LogP contribution < -0.4 is 9.47 Å². The first-order chi connectivity index (χ1) is 20.2. The molecule has 13 heteroatoms. The number of ether oxygens (including phenoxy) is 3. The molecule has 0 spiro atoms. The summed E-state index contributed by atoms with van der Waals surface area (Å²) in [5.74, 6) is -0.0204. The van der Waals surface area contributed by atoms with Gasteiger partial charge in [0.1, 0.15) is 0 Å². The molecule has 5 aromatic rings. The molecule has 0 bridgehead atoms. The van der Waals surface area contributed by atoms with Gasteiger partial charge < -0.3 is 18.8 Å². The van der Waals surface area contributed by atoms with Gasteiger partial charge in [-0.25, -0.2) is 26.7 Å². The fraction of sp³-hybridized carbons (Fsp3) is 0.310. The Balaban J connectivity index is 1.63. The highest BCUT2D eigenvalue weighted by Gasteiger charge is 2.29. The first-order valence-corrected chi connectivity index (χ1v) is 15.1. The van der Waals surface area contributed by atoms with Crippen LogP contribution in [-0.4, -0.2) is 78.9 Å². The Morgan fingerprint density at radius 2 is 1.76 bits per heavy atom. The lowest BCUT2D eigenvalue weighted by atomic mass is 10.2. The zero-order chi connectivity index (χ0) is 29.6. The molecule has 0 aliphatic carbocycles. The van der Waals surface area contributed by atoms with Crippen molar-refractivity contribution in [1.29, 1.82) is 0 Å². The Bertz CT molecular complexity index is 1900. The zero-order valence-electron chi connectivity index (χ0n) is 23.3. The van der Waals surface area contributed by atoms with E-state index in [4.69, 9.17) is 25.8 Å². The van der Waals surface area contributed by atoms with Crippen molar-refractivity contribution in [2.24, 2.45) is 0 Å². The van der Waals surface area contributed by atoms with E-state index in [0.717, 1.165) is 28.8 Å². The van der Waals surface area contributed by atoms with Crippen LogP contribution in [0.15, 0.2) is 53.6 Å². The summed E-state index contributed by atoms with van der Waals surface area (Å²) in [6.07, 6.45) is 0.931. The van der Waals surface area contributed by atoms with Gasteiger partial charge >= 0.3 is 0 Å². The van der Waals surface area contributed by atoms with Crippen LogP contribution in [0.25, 0.3) is 33.5 Å². The summed E-state index contributed by atoms with van der Waals surface area (Å²) >= 11 is 6.38. The van der Waals surface area contributed by atoms with E-state index in [9.17, 15) is 12.8 Å². The Kier molecular flexibility index (Phi) is 7.56. The highest BCUT2D eigenvalue weighted by atomic mass is 35.5. The van der Waals surface area contributed by atoms with Gasteiger partial charge in [0.25, 0.3) is 15.9 Å². The molecule has 0 amide bonds. The average molecular weight is 614 g/mol. The van der Waals surface area contributed by atoms with E-state index >= 15 is 0 Å². The second-order valence-electron chi connectivity index (χ2n) is 10.0. The smallest absolute Gasteiger partial charge is 0.269 e. The molecule has 0 radical (unpaired) electrons. The molecule has 4 aromatic heterocycles. The molecule has 0 atom stereocenters. The first kappa shape index (κ1) is 28.4. The fourth-order valence-electron chi connectivity index (χ4n) is 5.26. The van der Waals surface area contributed by atoms with E-state index in [2.05, 4.69) is 14.9 Å². The number of hydrogen-bond acceptors (Lipinski definition) is 8. The standard InChI is InChI=1S/C29H29ClFN5O5S/c1-18-4-6-19(7-5-18)42(37,38)36-25(14-20-27(30)21(31)17-32-28(20)36)24-15-22-23(16-26(39-2)29(33-22)40-3)35(24)9-8-34-10-12-41-13-11-34/h4-7,14-17H,8-13H2,1-3H3. The van der Waals surface area contributed by atoms with Gasteiger partial charge in [-0.15, -0.1) is 0 Å². The van der Waals surface area contributed by atoms with Gasteiger partial charge in [0, 0.05) is 37.6 Å². The topological polar surface area (TPSA) is 101 Å². The molecule has 1 aromatic carbocycles. The van der Waals surface area contributed by atoms with E-state index in [-0.39, 0.29) is 26.6 Å². The molecule has 1 saturated heterocycles. The van der Waals surface area contributed by atoms with E-state index in [1.54, 1.807) is 24.3 Å². The van der Waals surface area contributed by atoms with Crippen LogP contribution in [-0.2, 0) is 21.3 Å². The highest BCUT2D eigenvalue weighted by Crippen LogP contribution is 2.39. The van der Waals surface area contributed by atoms with Crippen LogP contribution in [0.5, 0.6) is 11.6 Å².